The smallest absolute Gasteiger partial charge is 0.321 e. The van der Waals surface area contributed by atoms with Gasteiger partial charge in [-0.25, -0.2) is 0 Å². The first-order valence-electron chi connectivity index (χ1n) is 4.70. The Hall–Kier alpha value is -1.10. The van der Waals surface area contributed by atoms with E-state index in [2.05, 4.69) is 5.32 Å². The molecule has 80 valence electrons. The summed E-state index contributed by atoms with van der Waals surface area (Å²) in [4.78, 5) is 21.4. The SMILES string of the molecule is CC1CCN[C@H](C(=O)O)[C@@H]1CC(=O)O. The highest BCUT2D eigenvalue weighted by atomic mass is 16.4. The first kappa shape index (κ1) is 11.0. The summed E-state index contributed by atoms with van der Waals surface area (Å²) in [6.07, 6.45) is 0.757. The zero-order valence-corrected chi connectivity index (χ0v) is 8.06. The Morgan fingerprint density at radius 3 is 2.57 bits per heavy atom. The van der Waals surface area contributed by atoms with Gasteiger partial charge in [0.1, 0.15) is 6.04 Å². The van der Waals surface area contributed by atoms with Crippen LogP contribution in [-0.4, -0.2) is 34.7 Å². The van der Waals surface area contributed by atoms with Gasteiger partial charge in [0.2, 0.25) is 0 Å². The van der Waals surface area contributed by atoms with Gasteiger partial charge in [-0.15, -0.1) is 0 Å². The lowest BCUT2D eigenvalue weighted by molar-refractivity contribution is -0.145. The van der Waals surface area contributed by atoms with Crippen molar-refractivity contribution < 1.29 is 19.8 Å². The predicted octanol–water partition coefficient (Wildman–Crippen LogP) is 0.160. The summed E-state index contributed by atoms with van der Waals surface area (Å²) >= 11 is 0. The third-order valence-corrected chi connectivity index (χ3v) is 2.80. The molecule has 5 nitrogen and oxygen atoms in total. The Morgan fingerprint density at radius 2 is 2.07 bits per heavy atom. The number of carbonyl (C=O) groups is 2. The van der Waals surface area contributed by atoms with Gasteiger partial charge in [-0.05, 0) is 24.8 Å². The number of piperidine rings is 1. The van der Waals surface area contributed by atoms with Crippen molar-refractivity contribution in [3.8, 4) is 0 Å². The van der Waals surface area contributed by atoms with Crippen molar-refractivity contribution in [1.82, 2.24) is 5.32 Å². The van der Waals surface area contributed by atoms with E-state index in [1.807, 2.05) is 6.92 Å². The fourth-order valence-corrected chi connectivity index (χ4v) is 1.95. The van der Waals surface area contributed by atoms with Crippen LogP contribution in [0.2, 0.25) is 0 Å². The lowest BCUT2D eigenvalue weighted by Gasteiger charge is -2.33. The van der Waals surface area contributed by atoms with Crippen LogP contribution in [0, 0.1) is 11.8 Å². The van der Waals surface area contributed by atoms with Gasteiger partial charge < -0.3 is 15.5 Å². The summed E-state index contributed by atoms with van der Waals surface area (Å²) in [5.41, 5.74) is 0. The third kappa shape index (κ3) is 2.45. The second-order valence-electron chi connectivity index (χ2n) is 3.80. The third-order valence-electron chi connectivity index (χ3n) is 2.80. The van der Waals surface area contributed by atoms with Gasteiger partial charge in [0.25, 0.3) is 0 Å². The van der Waals surface area contributed by atoms with Crippen LogP contribution in [0.3, 0.4) is 0 Å². The Bertz CT molecular complexity index is 241. The number of hydrogen-bond donors (Lipinski definition) is 3. The summed E-state index contributed by atoms with van der Waals surface area (Å²) in [7, 11) is 0. The van der Waals surface area contributed by atoms with Gasteiger partial charge in [-0.2, -0.15) is 0 Å². The molecule has 1 aliphatic heterocycles. The molecule has 3 atom stereocenters. The lowest BCUT2D eigenvalue weighted by atomic mass is 9.80. The number of carboxylic acids is 2. The van der Waals surface area contributed by atoms with Crippen molar-refractivity contribution in [3.05, 3.63) is 0 Å². The van der Waals surface area contributed by atoms with E-state index < -0.39 is 18.0 Å². The molecule has 1 rings (SSSR count). The highest BCUT2D eigenvalue weighted by molar-refractivity contribution is 5.76. The number of rotatable bonds is 3. The monoisotopic (exact) mass is 201 g/mol. The summed E-state index contributed by atoms with van der Waals surface area (Å²) in [6.45, 7) is 2.55. The summed E-state index contributed by atoms with van der Waals surface area (Å²) in [5.74, 6) is -2.05. The minimum Gasteiger partial charge on any atom is -0.481 e. The first-order valence-corrected chi connectivity index (χ1v) is 4.70. The molecule has 0 spiro atoms. The van der Waals surface area contributed by atoms with Gasteiger partial charge in [0.05, 0.1) is 6.42 Å². The molecule has 5 heteroatoms. The Labute approximate surface area is 82.1 Å². The molecule has 0 bridgehead atoms. The van der Waals surface area contributed by atoms with Crippen LogP contribution in [0.15, 0.2) is 0 Å². The minimum atomic E-state index is -0.956. The molecule has 0 radical (unpaired) electrons. The molecular formula is C9H15NO4. The molecule has 0 aromatic heterocycles. The minimum absolute atomic E-state index is 0.0782. The van der Waals surface area contributed by atoms with Gasteiger partial charge >= 0.3 is 11.9 Å². The Kier molecular flexibility index (Phi) is 3.46. The Morgan fingerprint density at radius 1 is 1.43 bits per heavy atom. The zero-order valence-electron chi connectivity index (χ0n) is 8.06. The van der Waals surface area contributed by atoms with Crippen LogP contribution in [-0.2, 0) is 9.59 Å². The van der Waals surface area contributed by atoms with Crippen LogP contribution in [0.5, 0.6) is 0 Å². The van der Waals surface area contributed by atoms with Gasteiger partial charge in [0.15, 0.2) is 0 Å². The molecule has 14 heavy (non-hydrogen) atoms. The standard InChI is InChI=1S/C9H15NO4/c1-5-2-3-10-8(9(13)14)6(5)4-7(11)12/h5-6,8,10H,2-4H2,1H3,(H,11,12)(H,13,14)/t5?,6-,8+/m1/s1. The first-order chi connectivity index (χ1) is 6.52. The van der Waals surface area contributed by atoms with Crippen molar-refractivity contribution in [2.75, 3.05) is 6.54 Å². The van der Waals surface area contributed by atoms with Crippen LogP contribution in [0.25, 0.3) is 0 Å². The highest BCUT2D eigenvalue weighted by Gasteiger charge is 2.36. The summed E-state index contributed by atoms with van der Waals surface area (Å²) in [6, 6.07) is -0.713. The molecule has 0 amide bonds. The van der Waals surface area contributed by atoms with Gasteiger partial charge in [0, 0.05) is 0 Å². The van der Waals surface area contributed by atoms with Crippen molar-refractivity contribution in [3.63, 3.8) is 0 Å². The zero-order chi connectivity index (χ0) is 10.7. The lowest BCUT2D eigenvalue weighted by Crippen LogP contribution is -2.50. The average Bonchev–Trinajstić information content (AvgIpc) is 2.07. The predicted molar refractivity (Wildman–Crippen MR) is 49.0 cm³/mol. The second-order valence-corrected chi connectivity index (χ2v) is 3.80. The number of hydrogen-bond acceptors (Lipinski definition) is 3. The van der Waals surface area contributed by atoms with Crippen molar-refractivity contribution in [2.24, 2.45) is 11.8 Å². The number of nitrogens with one attached hydrogen (secondary N) is 1. The maximum atomic E-state index is 10.8. The molecule has 1 saturated heterocycles. The maximum Gasteiger partial charge on any atom is 0.321 e. The van der Waals surface area contributed by atoms with Gasteiger partial charge in [-0.1, -0.05) is 6.92 Å². The molecule has 1 fully saturated rings. The van der Waals surface area contributed by atoms with E-state index >= 15 is 0 Å². The van der Waals surface area contributed by atoms with Crippen LogP contribution < -0.4 is 5.32 Å². The number of aliphatic carboxylic acids is 2. The topological polar surface area (TPSA) is 86.6 Å². The quantitative estimate of drug-likeness (QED) is 0.605. The van der Waals surface area contributed by atoms with Crippen molar-refractivity contribution >= 4 is 11.9 Å². The molecule has 3 N–H and O–H groups in total. The van der Waals surface area contributed by atoms with Gasteiger partial charge in [-0.3, -0.25) is 9.59 Å². The molecule has 1 aliphatic rings. The van der Waals surface area contributed by atoms with E-state index in [9.17, 15) is 9.59 Å². The normalized spacial score (nSPS) is 32.5. The van der Waals surface area contributed by atoms with E-state index in [0.717, 1.165) is 6.42 Å². The average molecular weight is 201 g/mol. The summed E-state index contributed by atoms with van der Waals surface area (Å²) in [5, 5.41) is 20.4. The molecule has 0 saturated carbocycles. The molecule has 1 heterocycles. The number of carboxylic acid groups (broad SMARTS) is 2. The fraction of sp³-hybridized carbons (Fsp3) is 0.778. The maximum absolute atomic E-state index is 10.8. The summed E-state index contributed by atoms with van der Waals surface area (Å²) < 4.78 is 0. The van der Waals surface area contributed by atoms with E-state index in [4.69, 9.17) is 10.2 Å². The van der Waals surface area contributed by atoms with E-state index in [-0.39, 0.29) is 18.3 Å². The van der Waals surface area contributed by atoms with Crippen molar-refractivity contribution in [1.29, 1.82) is 0 Å². The van der Waals surface area contributed by atoms with E-state index in [1.54, 1.807) is 0 Å². The van der Waals surface area contributed by atoms with E-state index in [0.29, 0.717) is 6.54 Å². The molecule has 0 aliphatic carbocycles. The largest absolute Gasteiger partial charge is 0.481 e. The van der Waals surface area contributed by atoms with Crippen molar-refractivity contribution in [2.45, 2.75) is 25.8 Å². The van der Waals surface area contributed by atoms with E-state index in [1.165, 1.54) is 0 Å². The fourth-order valence-electron chi connectivity index (χ4n) is 1.95. The highest BCUT2D eigenvalue weighted by Crippen LogP contribution is 2.26. The molecule has 0 aromatic rings. The second kappa shape index (κ2) is 4.41. The molecule has 0 aromatic carbocycles. The molecular weight excluding hydrogens is 186 g/mol. The van der Waals surface area contributed by atoms with Crippen LogP contribution in [0.1, 0.15) is 19.8 Å². The van der Waals surface area contributed by atoms with Crippen LogP contribution in [0.4, 0.5) is 0 Å². The Balaban J connectivity index is 2.70. The molecule has 1 unspecified atom stereocenters. The van der Waals surface area contributed by atoms with Crippen LogP contribution >= 0.6 is 0 Å².